The summed E-state index contributed by atoms with van der Waals surface area (Å²) < 4.78 is 66.8. The average Bonchev–Trinajstić information content (AvgIpc) is 3.44. The molecule has 4 aromatic heterocycles. The molecular weight excluding hydrogens is 511 g/mol. The zero-order chi connectivity index (χ0) is 25.7. The third-order valence-electron chi connectivity index (χ3n) is 5.63. The van der Waals surface area contributed by atoms with Gasteiger partial charge in [0.2, 0.25) is 10.0 Å². The normalized spacial score (nSPS) is 14.4. The lowest BCUT2D eigenvalue weighted by molar-refractivity contribution is -0.147. The average molecular weight is 528 g/mol. The van der Waals surface area contributed by atoms with Gasteiger partial charge in [-0.1, -0.05) is 12.1 Å². The predicted molar refractivity (Wildman–Crippen MR) is 130 cm³/mol. The van der Waals surface area contributed by atoms with Crippen molar-refractivity contribution in [3.05, 3.63) is 71.9 Å². The van der Waals surface area contributed by atoms with Gasteiger partial charge in [0, 0.05) is 33.9 Å². The van der Waals surface area contributed by atoms with Crippen molar-refractivity contribution in [3.8, 4) is 27.9 Å². The summed E-state index contributed by atoms with van der Waals surface area (Å²) >= 11 is 1.54. The van der Waals surface area contributed by atoms with Gasteiger partial charge in [0.05, 0.1) is 17.0 Å². The molecule has 0 spiro atoms. The van der Waals surface area contributed by atoms with E-state index in [1.165, 1.54) is 17.4 Å². The van der Waals surface area contributed by atoms with Gasteiger partial charge in [-0.05, 0) is 48.7 Å². The fourth-order valence-electron chi connectivity index (χ4n) is 3.73. The second-order valence-corrected chi connectivity index (χ2v) is 10.6. The van der Waals surface area contributed by atoms with E-state index in [4.69, 9.17) is 0 Å². The Balaban J connectivity index is 1.62. The van der Waals surface area contributed by atoms with E-state index in [1.54, 1.807) is 15.5 Å². The van der Waals surface area contributed by atoms with Gasteiger partial charge in [-0.25, -0.2) is 13.4 Å². The van der Waals surface area contributed by atoms with E-state index in [2.05, 4.69) is 16.0 Å². The van der Waals surface area contributed by atoms with Gasteiger partial charge < -0.3 is 0 Å². The van der Waals surface area contributed by atoms with Crippen LogP contribution < -0.4 is 4.72 Å². The number of aromatic nitrogens is 3. The second kappa shape index (κ2) is 8.70. The quantitative estimate of drug-likeness (QED) is 0.365. The molecule has 0 amide bonds. The molecule has 1 atom stereocenters. The number of rotatable bonds is 6. The molecule has 0 radical (unpaired) electrons. The van der Waals surface area contributed by atoms with Gasteiger partial charge in [-0.15, -0.1) is 11.3 Å². The maximum absolute atomic E-state index is 12.9. The Morgan fingerprint density at radius 2 is 1.97 bits per heavy atom. The number of halogens is 3. The molecule has 0 saturated carbocycles. The Morgan fingerprint density at radius 3 is 2.53 bits per heavy atom. The van der Waals surface area contributed by atoms with E-state index >= 15 is 0 Å². The van der Waals surface area contributed by atoms with Crippen LogP contribution in [0.25, 0.3) is 38.6 Å². The zero-order valence-corrected chi connectivity index (χ0v) is 20.1. The number of alkyl halides is 3. The third-order valence-corrected chi connectivity index (χ3v) is 8.07. The van der Waals surface area contributed by atoms with Gasteiger partial charge in [0.25, 0.3) is 0 Å². The molecule has 5 rings (SSSR count). The molecule has 0 fully saturated rings. The molecule has 0 saturated heterocycles. The van der Waals surface area contributed by atoms with Crippen LogP contribution in [0.15, 0.2) is 71.2 Å². The molecule has 12 heteroatoms. The van der Waals surface area contributed by atoms with Crippen LogP contribution in [0.4, 0.5) is 13.2 Å². The van der Waals surface area contributed by atoms with Crippen LogP contribution in [0, 0.1) is 11.3 Å². The highest BCUT2D eigenvalue weighted by Crippen LogP contribution is 2.38. The van der Waals surface area contributed by atoms with Gasteiger partial charge in [-0.3, -0.25) is 9.55 Å². The smallest absolute Gasteiger partial charge is 0.291 e. The fraction of sp³-hybridized carbons (Fsp3) is 0.125. The standard InChI is InChI=1S/C24H16F3N5O2S2/c1-14(24(25,26)27)31-36(33,34)17-7-8-20(29-13-17)22-19(11-28)18-10-15(21-6-3-9-35-21)12-30-23(18)32(22)16-4-2-5-16/h2-10,12-14,31H,1H3/t14-/m0/s1. The van der Waals surface area contributed by atoms with Crippen molar-refractivity contribution in [2.24, 2.45) is 0 Å². The summed E-state index contributed by atoms with van der Waals surface area (Å²) in [5.41, 5.74) is 3.09. The van der Waals surface area contributed by atoms with Crippen molar-refractivity contribution < 1.29 is 21.6 Å². The minimum atomic E-state index is -4.73. The Morgan fingerprint density at radius 1 is 1.19 bits per heavy atom. The van der Waals surface area contributed by atoms with Crippen LogP contribution in [0.1, 0.15) is 12.5 Å². The lowest BCUT2D eigenvalue weighted by atomic mass is 10.1. The first-order valence-electron chi connectivity index (χ1n) is 10.5. The molecule has 4 aromatic rings. The molecule has 182 valence electrons. The summed E-state index contributed by atoms with van der Waals surface area (Å²) in [5.74, 6) is 0. The molecule has 1 aliphatic carbocycles. The van der Waals surface area contributed by atoms with Gasteiger partial charge in [0.1, 0.15) is 22.7 Å². The van der Waals surface area contributed by atoms with Crippen LogP contribution in [0.3, 0.4) is 0 Å². The van der Waals surface area contributed by atoms with Crippen molar-refractivity contribution in [2.75, 3.05) is 0 Å². The molecule has 0 unspecified atom stereocenters. The van der Waals surface area contributed by atoms with Crippen molar-refractivity contribution in [3.63, 3.8) is 0 Å². The molecule has 1 N–H and O–H groups in total. The largest absolute Gasteiger partial charge is 0.404 e. The van der Waals surface area contributed by atoms with Crippen LogP contribution in [0.5, 0.6) is 0 Å². The summed E-state index contributed by atoms with van der Waals surface area (Å²) in [5, 5.41) is 12.6. The topological polar surface area (TPSA) is 101 Å². The Bertz CT molecular complexity index is 1680. The summed E-state index contributed by atoms with van der Waals surface area (Å²) in [6.07, 6.45) is 3.45. The number of hydrogen-bond donors (Lipinski definition) is 1. The lowest BCUT2D eigenvalue weighted by Crippen LogP contribution is -2.42. The molecule has 36 heavy (non-hydrogen) atoms. The number of thiophene rings is 1. The first kappa shape index (κ1) is 23.9. The van der Waals surface area contributed by atoms with Crippen LogP contribution in [-0.2, 0) is 10.0 Å². The van der Waals surface area contributed by atoms with E-state index < -0.39 is 27.1 Å². The molecule has 0 bridgehead atoms. The minimum Gasteiger partial charge on any atom is -0.291 e. The number of pyridine rings is 2. The van der Waals surface area contributed by atoms with Crippen LogP contribution in [0.2, 0.25) is 0 Å². The minimum absolute atomic E-state index is 0.270. The summed E-state index contributed by atoms with van der Waals surface area (Å²) in [7, 11) is -4.47. The second-order valence-electron chi connectivity index (χ2n) is 7.96. The molecule has 7 nitrogen and oxygen atoms in total. The first-order chi connectivity index (χ1) is 17.1. The molecular formula is C24H16F3N5O2S2. The highest BCUT2D eigenvalue weighted by atomic mass is 32.2. The van der Waals surface area contributed by atoms with Crippen molar-refractivity contribution in [2.45, 2.75) is 24.0 Å². The summed E-state index contributed by atoms with van der Waals surface area (Å²) in [6, 6.07) is 8.21. The van der Waals surface area contributed by atoms with Gasteiger partial charge in [0.15, 0.2) is 0 Å². The fourth-order valence-corrected chi connectivity index (χ4v) is 5.61. The van der Waals surface area contributed by atoms with E-state index in [-0.39, 0.29) is 5.69 Å². The molecule has 0 aliphatic heterocycles. The SMILES string of the molecule is C[C@H](NS(=O)(=O)c1ccc(-c2c(C#N)c3cc(-c4cccs4)cnc3n2C2=CC=C2)nc1)C(F)(F)F. The number of fused-ring (bicyclic) bond motifs is 1. The lowest BCUT2D eigenvalue weighted by Gasteiger charge is -2.17. The zero-order valence-electron chi connectivity index (χ0n) is 18.5. The Kier molecular flexibility index (Phi) is 5.78. The molecule has 4 heterocycles. The van der Waals surface area contributed by atoms with E-state index in [9.17, 15) is 26.9 Å². The molecule has 0 aromatic carbocycles. The summed E-state index contributed by atoms with van der Waals surface area (Å²) in [6.45, 7) is 0.717. The Hall–Kier alpha value is -3.79. The van der Waals surface area contributed by atoms with E-state index in [1.807, 2.05) is 41.8 Å². The number of nitrogens with one attached hydrogen (secondary N) is 1. The third kappa shape index (κ3) is 4.11. The van der Waals surface area contributed by atoms with Crippen molar-refractivity contribution in [1.82, 2.24) is 19.3 Å². The number of sulfonamides is 1. The highest BCUT2D eigenvalue weighted by Gasteiger charge is 2.39. The van der Waals surface area contributed by atoms with Crippen molar-refractivity contribution in [1.29, 1.82) is 5.26 Å². The summed E-state index contributed by atoms with van der Waals surface area (Å²) in [4.78, 5) is 9.38. The maximum Gasteiger partial charge on any atom is 0.404 e. The first-order valence-corrected chi connectivity index (χ1v) is 12.9. The van der Waals surface area contributed by atoms with E-state index in [0.717, 1.165) is 28.4 Å². The number of nitrogens with zero attached hydrogens (tertiary/aromatic N) is 4. The maximum atomic E-state index is 12.9. The Labute approximate surface area is 207 Å². The van der Waals surface area contributed by atoms with Crippen LogP contribution >= 0.6 is 11.3 Å². The molecule has 1 aliphatic rings. The number of hydrogen-bond acceptors (Lipinski definition) is 6. The highest BCUT2D eigenvalue weighted by molar-refractivity contribution is 7.89. The van der Waals surface area contributed by atoms with Gasteiger partial charge >= 0.3 is 6.18 Å². The predicted octanol–water partition coefficient (Wildman–Crippen LogP) is 5.34. The van der Waals surface area contributed by atoms with Gasteiger partial charge in [-0.2, -0.15) is 23.2 Å². The van der Waals surface area contributed by atoms with Crippen molar-refractivity contribution >= 4 is 38.1 Å². The number of nitriles is 1. The van der Waals surface area contributed by atoms with E-state index in [0.29, 0.717) is 29.2 Å². The monoisotopic (exact) mass is 527 g/mol. The van der Waals surface area contributed by atoms with Crippen LogP contribution in [-0.4, -0.2) is 35.2 Å². The number of allylic oxidation sites excluding steroid dienone is 4.